The molecule has 1 fully saturated rings. The van der Waals surface area contributed by atoms with Crippen molar-refractivity contribution in [1.82, 2.24) is 4.90 Å². The van der Waals surface area contributed by atoms with Crippen molar-refractivity contribution in [3.8, 4) is 0 Å². The number of carbonyl (C=O) groups is 1. The summed E-state index contributed by atoms with van der Waals surface area (Å²) in [4.78, 5) is 24.8. The molecule has 0 heterocycles. The quantitative estimate of drug-likeness (QED) is 0.646. The van der Waals surface area contributed by atoms with Gasteiger partial charge in [0.1, 0.15) is 5.69 Å². The van der Waals surface area contributed by atoms with E-state index in [1.807, 2.05) is 11.8 Å². The molecule has 0 radical (unpaired) electrons. The molecule has 1 amide bonds. The Labute approximate surface area is 124 Å². The van der Waals surface area contributed by atoms with Crippen molar-refractivity contribution < 1.29 is 9.72 Å². The van der Waals surface area contributed by atoms with Gasteiger partial charge in [-0.3, -0.25) is 14.9 Å². The first-order chi connectivity index (χ1) is 10.1. The monoisotopic (exact) mass is 291 g/mol. The molecule has 6 heteroatoms. The maximum atomic E-state index is 12.5. The molecule has 0 aromatic heterocycles. The van der Waals surface area contributed by atoms with Crippen LogP contribution in [0.4, 0.5) is 11.4 Å². The SMILES string of the molecule is CCN(CC1CCC1)C(=O)c1ccc([N+](=O)[O-])c(NC)c1. The van der Waals surface area contributed by atoms with Crippen LogP contribution in [0, 0.1) is 16.0 Å². The minimum atomic E-state index is -0.452. The molecule has 1 aliphatic carbocycles. The molecule has 114 valence electrons. The van der Waals surface area contributed by atoms with E-state index in [2.05, 4.69) is 5.32 Å². The molecule has 6 nitrogen and oxygen atoms in total. The largest absolute Gasteiger partial charge is 0.383 e. The van der Waals surface area contributed by atoms with Crippen LogP contribution in [0.2, 0.25) is 0 Å². The molecule has 0 spiro atoms. The number of anilines is 1. The van der Waals surface area contributed by atoms with Crippen molar-refractivity contribution in [3.05, 3.63) is 33.9 Å². The second-order valence-electron chi connectivity index (χ2n) is 5.38. The Hall–Kier alpha value is -2.11. The number of carbonyl (C=O) groups excluding carboxylic acids is 1. The van der Waals surface area contributed by atoms with Gasteiger partial charge in [0.25, 0.3) is 11.6 Å². The van der Waals surface area contributed by atoms with Gasteiger partial charge in [-0.05, 0) is 37.8 Å². The third-order valence-electron chi connectivity index (χ3n) is 4.08. The average molecular weight is 291 g/mol. The number of nitrogens with zero attached hydrogens (tertiary/aromatic N) is 2. The third-order valence-corrected chi connectivity index (χ3v) is 4.08. The van der Waals surface area contributed by atoms with Crippen molar-refractivity contribution in [1.29, 1.82) is 0 Å². The average Bonchev–Trinajstić information content (AvgIpc) is 2.45. The summed E-state index contributed by atoms with van der Waals surface area (Å²) in [6.45, 7) is 3.39. The van der Waals surface area contributed by atoms with Gasteiger partial charge in [-0.1, -0.05) is 6.42 Å². The van der Waals surface area contributed by atoms with Crippen molar-refractivity contribution in [2.45, 2.75) is 26.2 Å². The first-order valence-corrected chi connectivity index (χ1v) is 7.32. The van der Waals surface area contributed by atoms with Crippen LogP contribution < -0.4 is 5.32 Å². The number of hydrogen-bond donors (Lipinski definition) is 1. The fourth-order valence-electron chi connectivity index (χ4n) is 2.55. The lowest BCUT2D eigenvalue weighted by Gasteiger charge is -2.31. The van der Waals surface area contributed by atoms with Gasteiger partial charge in [-0.2, -0.15) is 0 Å². The van der Waals surface area contributed by atoms with E-state index in [1.165, 1.54) is 31.4 Å². The Bertz CT molecular complexity index is 541. The van der Waals surface area contributed by atoms with Gasteiger partial charge in [0.15, 0.2) is 0 Å². The van der Waals surface area contributed by atoms with Crippen LogP contribution in [0.25, 0.3) is 0 Å². The first-order valence-electron chi connectivity index (χ1n) is 7.32. The Balaban J connectivity index is 2.18. The summed E-state index contributed by atoms with van der Waals surface area (Å²) in [5.74, 6) is 0.548. The topological polar surface area (TPSA) is 75.5 Å². The molecule has 21 heavy (non-hydrogen) atoms. The zero-order valence-electron chi connectivity index (χ0n) is 12.5. The molecule has 0 unspecified atom stereocenters. The molecule has 0 aliphatic heterocycles. The second kappa shape index (κ2) is 6.56. The molecule has 1 aliphatic rings. The van der Waals surface area contributed by atoms with Crippen LogP contribution in [-0.2, 0) is 0 Å². The van der Waals surface area contributed by atoms with E-state index >= 15 is 0 Å². The zero-order chi connectivity index (χ0) is 15.4. The first kappa shape index (κ1) is 15.3. The Morgan fingerprint density at radius 1 is 1.48 bits per heavy atom. The lowest BCUT2D eigenvalue weighted by molar-refractivity contribution is -0.383. The van der Waals surface area contributed by atoms with E-state index in [0.29, 0.717) is 23.7 Å². The van der Waals surface area contributed by atoms with Crippen LogP contribution in [0.3, 0.4) is 0 Å². The summed E-state index contributed by atoms with van der Waals surface area (Å²) in [7, 11) is 1.61. The highest BCUT2D eigenvalue weighted by Crippen LogP contribution is 2.29. The van der Waals surface area contributed by atoms with Crippen LogP contribution in [0.5, 0.6) is 0 Å². The molecule has 0 atom stereocenters. The molecule has 1 saturated carbocycles. The number of nitro groups is 1. The maximum absolute atomic E-state index is 12.5. The zero-order valence-corrected chi connectivity index (χ0v) is 12.5. The van der Waals surface area contributed by atoms with Crippen molar-refractivity contribution in [2.75, 3.05) is 25.5 Å². The summed E-state index contributed by atoms with van der Waals surface area (Å²) in [5, 5.41) is 13.7. The minimum Gasteiger partial charge on any atom is -0.383 e. The van der Waals surface area contributed by atoms with Crippen LogP contribution in [0.1, 0.15) is 36.5 Å². The predicted octanol–water partition coefficient (Wildman–Crippen LogP) is 2.90. The van der Waals surface area contributed by atoms with Crippen molar-refractivity contribution in [3.63, 3.8) is 0 Å². The van der Waals surface area contributed by atoms with Gasteiger partial charge in [0.2, 0.25) is 0 Å². The summed E-state index contributed by atoms with van der Waals surface area (Å²) in [6.07, 6.45) is 3.62. The Morgan fingerprint density at radius 3 is 2.67 bits per heavy atom. The summed E-state index contributed by atoms with van der Waals surface area (Å²) < 4.78 is 0. The number of amides is 1. The molecule has 2 rings (SSSR count). The summed E-state index contributed by atoms with van der Waals surface area (Å²) >= 11 is 0. The highest BCUT2D eigenvalue weighted by molar-refractivity contribution is 5.96. The van der Waals surface area contributed by atoms with Crippen LogP contribution >= 0.6 is 0 Å². The third kappa shape index (κ3) is 3.32. The fourth-order valence-corrected chi connectivity index (χ4v) is 2.55. The van der Waals surface area contributed by atoms with E-state index in [9.17, 15) is 14.9 Å². The number of rotatable bonds is 6. The van der Waals surface area contributed by atoms with E-state index < -0.39 is 4.92 Å². The van der Waals surface area contributed by atoms with Gasteiger partial charge < -0.3 is 10.2 Å². The highest BCUT2D eigenvalue weighted by Gasteiger charge is 2.24. The van der Waals surface area contributed by atoms with Gasteiger partial charge in [-0.15, -0.1) is 0 Å². The second-order valence-corrected chi connectivity index (χ2v) is 5.38. The van der Waals surface area contributed by atoms with Gasteiger partial charge in [-0.25, -0.2) is 0 Å². The molecular formula is C15H21N3O3. The molecule has 1 N–H and O–H groups in total. The van der Waals surface area contributed by atoms with Gasteiger partial charge >= 0.3 is 0 Å². The minimum absolute atomic E-state index is 0.0175. The molecule has 1 aromatic carbocycles. The Morgan fingerprint density at radius 2 is 2.19 bits per heavy atom. The number of hydrogen-bond acceptors (Lipinski definition) is 4. The van der Waals surface area contributed by atoms with E-state index in [-0.39, 0.29) is 11.6 Å². The summed E-state index contributed by atoms with van der Waals surface area (Å²) in [6, 6.07) is 4.48. The van der Waals surface area contributed by atoms with Crippen molar-refractivity contribution in [2.24, 2.45) is 5.92 Å². The number of nitrogens with one attached hydrogen (secondary N) is 1. The number of nitro benzene ring substituents is 1. The molecule has 0 saturated heterocycles. The predicted molar refractivity (Wildman–Crippen MR) is 81.6 cm³/mol. The Kier molecular flexibility index (Phi) is 4.77. The van der Waals surface area contributed by atoms with E-state index in [4.69, 9.17) is 0 Å². The maximum Gasteiger partial charge on any atom is 0.292 e. The highest BCUT2D eigenvalue weighted by atomic mass is 16.6. The van der Waals surface area contributed by atoms with Crippen molar-refractivity contribution >= 4 is 17.3 Å². The molecule has 1 aromatic rings. The van der Waals surface area contributed by atoms with Gasteiger partial charge in [0, 0.05) is 31.8 Å². The lowest BCUT2D eigenvalue weighted by atomic mass is 9.85. The standard InChI is InChI=1S/C15H21N3O3/c1-3-17(10-11-5-4-6-11)15(19)12-7-8-14(18(20)21)13(9-12)16-2/h7-9,11,16H,3-6,10H2,1-2H3. The van der Waals surface area contributed by atoms with Crippen LogP contribution in [-0.4, -0.2) is 35.9 Å². The summed E-state index contributed by atoms with van der Waals surface area (Å²) in [5.41, 5.74) is 0.841. The van der Waals surface area contributed by atoms with E-state index in [1.54, 1.807) is 13.1 Å². The smallest absolute Gasteiger partial charge is 0.292 e. The normalized spacial score (nSPS) is 14.4. The molecular weight excluding hydrogens is 270 g/mol. The number of benzene rings is 1. The van der Waals surface area contributed by atoms with Crippen LogP contribution in [0.15, 0.2) is 18.2 Å². The lowest BCUT2D eigenvalue weighted by Crippen LogP contribution is -2.37. The van der Waals surface area contributed by atoms with Gasteiger partial charge in [0.05, 0.1) is 4.92 Å². The molecule has 0 bridgehead atoms. The fraction of sp³-hybridized carbons (Fsp3) is 0.533. The van der Waals surface area contributed by atoms with E-state index in [0.717, 1.165) is 6.54 Å².